The smallest absolute Gasteiger partial charge is 0.299 e. The zero-order chi connectivity index (χ0) is 19.2. The van der Waals surface area contributed by atoms with Gasteiger partial charge in [-0.15, -0.1) is 11.3 Å². The molecular formula is C17H11BrF2N4O2S. The van der Waals surface area contributed by atoms with Crippen molar-refractivity contribution in [3.8, 4) is 11.4 Å². The number of ketones is 1. The number of thiophene rings is 1. The number of H-pyrrole nitrogens is 1. The molecule has 1 aromatic carbocycles. The van der Waals surface area contributed by atoms with Crippen LogP contribution in [0.1, 0.15) is 10.4 Å². The number of aromatic nitrogens is 3. The number of hydrogen-bond donors (Lipinski definition) is 1. The quantitative estimate of drug-likeness (QED) is 0.641. The number of fused-ring (bicyclic) bond motifs is 1. The number of rotatable bonds is 5. The molecule has 10 heteroatoms. The van der Waals surface area contributed by atoms with Crippen molar-refractivity contribution in [3.63, 3.8) is 0 Å². The molecule has 3 heterocycles. The van der Waals surface area contributed by atoms with Gasteiger partial charge in [0.05, 0.1) is 17.8 Å². The first-order valence-electron chi connectivity index (χ1n) is 7.82. The average Bonchev–Trinajstić information content (AvgIpc) is 3.32. The average molecular weight is 453 g/mol. The summed E-state index contributed by atoms with van der Waals surface area (Å²) in [5, 5.41) is 8.35. The summed E-state index contributed by atoms with van der Waals surface area (Å²) in [5.41, 5.74) is 0.400. The van der Waals surface area contributed by atoms with Crippen molar-refractivity contribution in [2.75, 3.05) is 11.4 Å². The zero-order valence-corrected chi connectivity index (χ0v) is 16.0. The van der Waals surface area contributed by atoms with Crippen molar-refractivity contribution in [2.24, 2.45) is 0 Å². The molecule has 0 spiro atoms. The number of Topliss-reactive ketones (excluding diaryl/α,β-unsaturated/α-hetero) is 1. The number of amides is 1. The fraction of sp³-hybridized carbons (Fsp3) is 0.176. The summed E-state index contributed by atoms with van der Waals surface area (Å²) in [6.07, 6.45) is 1.34. The van der Waals surface area contributed by atoms with Gasteiger partial charge in [-0.1, -0.05) is 18.2 Å². The lowest BCUT2D eigenvalue weighted by Gasteiger charge is -2.16. The van der Waals surface area contributed by atoms with Gasteiger partial charge >= 0.3 is 11.8 Å². The van der Waals surface area contributed by atoms with E-state index in [0.29, 0.717) is 16.3 Å². The van der Waals surface area contributed by atoms with Crippen LogP contribution in [0.5, 0.6) is 0 Å². The van der Waals surface area contributed by atoms with Gasteiger partial charge in [0, 0.05) is 26.7 Å². The molecule has 2 aromatic heterocycles. The molecule has 0 radical (unpaired) electrons. The summed E-state index contributed by atoms with van der Waals surface area (Å²) in [6, 6.07) is 5.63. The molecular weight excluding hydrogens is 442 g/mol. The maximum absolute atomic E-state index is 14.2. The van der Waals surface area contributed by atoms with Gasteiger partial charge in [-0.2, -0.15) is 13.9 Å². The van der Waals surface area contributed by atoms with E-state index in [9.17, 15) is 18.4 Å². The molecule has 0 atom stereocenters. The number of aromatic amines is 1. The van der Waals surface area contributed by atoms with Gasteiger partial charge in [-0.25, -0.2) is 4.98 Å². The molecule has 1 N–H and O–H groups in total. The normalized spacial score (nSPS) is 15.2. The minimum absolute atomic E-state index is 0.0101. The van der Waals surface area contributed by atoms with E-state index in [0.717, 1.165) is 9.37 Å². The van der Waals surface area contributed by atoms with Crippen LogP contribution in [0.15, 0.2) is 40.4 Å². The number of carbonyl (C=O) groups excluding carboxylic acids is 2. The van der Waals surface area contributed by atoms with Crippen molar-refractivity contribution >= 4 is 44.6 Å². The Morgan fingerprint density at radius 1 is 1.33 bits per heavy atom. The highest BCUT2D eigenvalue weighted by molar-refractivity contribution is 9.10. The first-order valence-corrected chi connectivity index (χ1v) is 9.49. The number of carbonyl (C=O) groups is 2. The third-order valence-electron chi connectivity index (χ3n) is 4.21. The first-order chi connectivity index (χ1) is 12.9. The van der Waals surface area contributed by atoms with Gasteiger partial charge in [0.25, 0.3) is 0 Å². The fourth-order valence-corrected chi connectivity index (χ4v) is 4.78. The Balaban J connectivity index is 1.58. The minimum Gasteiger partial charge on any atom is -0.299 e. The summed E-state index contributed by atoms with van der Waals surface area (Å²) < 4.78 is 29.1. The summed E-state index contributed by atoms with van der Waals surface area (Å²) in [5.74, 6) is -4.85. The van der Waals surface area contributed by atoms with Gasteiger partial charge in [0.1, 0.15) is 6.33 Å². The van der Waals surface area contributed by atoms with E-state index in [4.69, 9.17) is 0 Å². The number of nitrogens with zero attached hydrogens (tertiary/aromatic N) is 3. The number of anilines is 1. The Kier molecular flexibility index (Phi) is 4.39. The van der Waals surface area contributed by atoms with E-state index in [1.165, 1.54) is 35.9 Å². The maximum Gasteiger partial charge on any atom is 0.352 e. The number of hydrogen-bond acceptors (Lipinski definition) is 5. The highest BCUT2D eigenvalue weighted by Crippen LogP contribution is 2.44. The standard InChI is InChI=1S/C17H11BrF2N4O2S/c18-11-7-27-13(14(11)15-21-8-22-23-15)5-9(25)6-24-12-4-2-1-3-10(12)17(19,20)16(24)26/h1-4,7-8H,5-6H2,(H,21,22,23). The van der Waals surface area contributed by atoms with E-state index in [1.807, 2.05) is 5.38 Å². The largest absolute Gasteiger partial charge is 0.352 e. The van der Waals surface area contributed by atoms with E-state index in [2.05, 4.69) is 31.1 Å². The van der Waals surface area contributed by atoms with Crippen molar-refractivity contribution in [2.45, 2.75) is 12.3 Å². The van der Waals surface area contributed by atoms with E-state index >= 15 is 0 Å². The second-order valence-electron chi connectivity index (χ2n) is 5.91. The van der Waals surface area contributed by atoms with Crippen LogP contribution >= 0.6 is 27.3 Å². The Morgan fingerprint density at radius 2 is 2.11 bits per heavy atom. The summed E-state index contributed by atoms with van der Waals surface area (Å²) >= 11 is 4.75. The molecule has 4 rings (SSSR count). The monoisotopic (exact) mass is 452 g/mol. The molecule has 1 aliphatic rings. The molecule has 0 bridgehead atoms. The zero-order valence-electron chi connectivity index (χ0n) is 13.6. The van der Waals surface area contributed by atoms with Crippen molar-refractivity contribution in [1.29, 1.82) is 0 Å². The predicted molar refractivity (Wildman–Crippen MR) is 98.8 cm³/mol. The SMILES string of the molecule is O=C(Cc1scc(Br)c1-c1ncn[nH]1)CN1C(=O)C(F)(F)c2ccccc21. The third-order valence-corrected chi connectivity index (χ3v) is 6.13. The van der Waals surface area contributed by atoms with Crippen molar-refractivity contribution in [3.05, 3.63) is 50.9 Å². The van der Waals surface area contributed by atoms with E-state index < -0.39 is 18.4 Å². The Labute approximate surface area is 164 Å². The van der Waals surface area contributed by atoms with Crippen LogP contribution in [-0.4, -0.2) is 33.4 Å². The predicted octanol–water partition coefficient (Wildman–Crippen LogP) is 3.55. The summed E-state index contributed by atoms with van der Waals surface area (Å²) in [6.45, 7) is -0.420. The molecule has 1 aliphatic heterocycles. The third kappa shape index (κ3) is 2.98. The number of para-hydroxylation sites is 1. The topological polar surface area (TPSA) is 79.0 Å². The number of halogens is 3. The summed E-state index contributed by atoms with van der Waals surface area (Å²) in [4.78, 5) is 30.3. The fourth-order valence-electron chi connectivity index (χ4n) is 3.01. The van der Waals surface area contributed by atoms with Crippen molar-refractivity contribution < 1.29 is 18.4 Å². The van der Waals surface area contributed by atoms with Crippen molar-refractivity contribution in [1.82, 2.24) is 15.2 Å². The minimum atomic E-state index is -3.62. The van der Waals surface area contributed by atoms with Crippen LogP contribution in [0.2, 0.25) is 0 Å². The summed E-state index contributed by atoms with van der Waals surface area (Å²) in [7, 11) is 0. The lowest BCUT2D eigenvalue weighted by atomic mass is 10.1. The second kappa shape index (κ2) is 6.61. The highest BCUT2D eigenvalue weighted by atomic mass is 79.9. The number of alkyl halides is 2. The van der Waals surface area contributed by atoms with Crippen LogP contribution in [0, 0.1) is 0 Å². The van der Waals surface area contributed by atoms with Gasteiger partial charge in [0.15, 0.2) is 11.6 Å². The molecule has 0 saturated heterocycles. The van der Waals surface area contributed by atoms with Crippen LogP contribution in [0.25, 0.3) is 11.4 Å². The Morgan fingerprint density at radius 3 is 2.85 bits per heavy atom. The van der Waals surface area contributed by atoms with Crippen LogP contribution in [0.3, 0.4) is 0 Å². The van der Waals surface area contributed by atoms with Crippen LogP contribution in [0.4, 0.5) is 14.5 Å². The molecule has 1 amide bonds. The number of benzene rings is 1. The molecule has 0 aliphatic carbocycles. The molecule has 138 valence electrons. The van der Waals surface area contributed by atoms with Gasteiger partial charge in [0.2, 0.25) is 0 Å². The van der Waals surface area contributed by atoms with E-state index in [1.54, 1.807) is 6.07 Å². The first kappa shape index (κ1) is 17.9. The van der Waals surface area contributed by atoms with Gasteiger partial charge in [-0.05, 0) is 22.0 Å². The molecule has 27 heavy (non-hydrogen) atoms. The second-order valence-corrected chi connectivity index (χ2v) is 7.73. The van der Waals surface area contributed by atoms with E-state index in [-0.39, 0.29) is 23.5 Å². The molecule has 0 unspecified atom stereocenters. The van der Waals surface area contributed by atoms with Gasteiger partial charge < -0.3 is 0 Å². The Bertz CT molecular complexity index is 1040. The molecule has 0 fully saturated rings. The Hall–Kier alpha value is -2.46. The molecule has 3 aromatic rings. The van der Waals surface area contributed by atoms with Crippen LogP contribution < -0.4 is 4.90 Å². The van der Waals surface area contributed by atoms with Crippen LogP contribution in [-0.2, 0) is 21.9 Å². The molecule has 6 nitrogen and oxygen atoms in total. The number of nitrogens with one attached hydrogen (secondary N) is 1. The highest BCUT2D eigenvalue weighted by Gasteiger charge is 2.52. The molecule has 0 saturated carbocycles. The maximum atomic E-state index is 14.2. The van der Waals surface area contributed by atoms with Gasteiger partial charge in [-0.3, -0.25) is 19.6 Å². The lowest BCUT2D eigenvalue weighted by Crippen LogP contribution is -2.38. The lowest BCUT2D eigenvalue weighted by molar-refractivity contribution is -0.142.